The summed E-state index contributed by atoms with van der Waals surface area (Å²) in [6.07, 6.45) is 3.82. The van der Waals surface area contributed by atoms with Crippen LogP contribution in [-0.4, -0.2) is 14.1 Å². The average molecular weight is 587 g/mol. The van der Waals surface area contributed by atoms with Gasteiger partial charge in [0.05, 0.1) is 45.1 Å². The number of hydrogen-bond acceptors (Lipinski definition) is 2. The van der Waals surface area contributed by atoms with Crippen molar-refractivity contribution >= 4 is 43.6 Å². The maximum atomic E-state index is 9.95. The molecule has 0 aliphatic carbocycles. The Morgan fingerprint density at radius 3 is 1.46 bits per heavy atom. The predicted molar refractivity (Wildman–Crippen MR) is 189 cm³/mol. The molecular formula is C42H26N4. The van der Waals surface area contributed by atoms with E-state index in [4.69, 9.17) is 0 Å². The summed E-state index contributed by atoms with van der Waals surface area (Å²) in [5.74, 6) is 0. The van der Waals surface area contributed by atoms with Gasteiger partial charge in [-0.25, -0.2) is 0 Å². The molecule has 0 bridgehead atoms. The van der Waals surface area contributed by atoms with Crippen molar-refractivity contribution in [2.75, 3.05) is 0 Å². The highest BCUT2D eigenvalue weighted by Gasteiger charge is 2.18. The van der Waals surface area contributed by atoms with E-state index >= 15 is 0 Å². The molecule has 0 unspecified atom stereocenters. The molecule has 214 valence electrons. The first kappa shape index (κ1) is 26.0. The van der Waals surface area contributed by atoms with Crippen LogP contribution in [0.4, 0.5) is 0 Å². The monoisotopic (exact) mass is 586 g/mol. The Kier molecular flexibility index (Phi) is 5.84. The van der Waals surface area contributed by atoms with E-state index in [0.29, 0.717) is 5.56 Å². The number of fused-ring (bicyclic) bond motifs is 6. The summed E-state index contributed by atoms with van der Waals surface area (Å²) in [6.45, 7) is 0. The van der Waals surface area contributed by atoms with Crippen LogP contribution in [0.2, 0.25) is 0 Å². The Morgan fingerprint density at radius 2 is 0.935 bits per heavy atom. The number of aromatic nitrogens is 3. The standard InChI is InChI=1S/C42H26N4/c43-26-28-20-21-41(45-37-16-5-1-12-31(37)32-13-2-6-17-38(32)45)35(24-28)29-10-9-11-30(25-29)36-27-44-23-22-42(36)46-39-18-7-3-14-33(39)34-15-4-8-19-40(34)46/h1-25,27H. The van der Waals surface area contributed by atoms with Gasteiger partial charge in [-0.1, -0.05) is 91.0 Å². The number of benzene rings is 6. The smallest absolute Gasteiger partial charge is 0.0991 e. The molecule has 0 atom stereocenters. The third-order valence-electron chi connectivity index (χ3n) is 9.05. The van der Waals surface area contributed by atoms with Crippen molar-refractivity contribution in [2.45, 2.75) is 0 Å². The molecule has 0 N–H and O–H groups in total. The quantitative estimate of drug-likeness (QED) is 0.206. The molecule has 0 aliphatic rings. The predicted octanol–water partition coefficient (Wildman–Crippen LogP) is 10.5. The van der Waals surface area contributed by atoms with E-state index in [1.165, 1.54) is 21.5 Å². The van der Waals surface area contributed by atoms with Crippen LogP contribution in [0, 0.1) is 11.3 Å². The second-order valence-electron chi connectivity index (χ2n) is 11.6. The lowest BCUT2D eigenvalue weighted by Crippen LogP contribution is -1.99. The summed E-state index contributed by atoms with van der Waals surface area (Å²) in [4.78, 5) is 4.59. The van der Waals surface area contributed by atoms with E-state index in [1.807, 2.05) is 24.5 Å². The Balaban J connectivity index is 1.28. The van der Waals surface area contributed by atoms with Crippen LogP contribution < -0.4 is 0 Å². The van der Waals surface area contributed by atoms with Gasteiger partial charge in [0.15, 0.2) is 0 Å². The van der Waals surface area contributed by atoms with Crippen molar-refractivity contribution in [3.8, 4) is 39.7 Å². The number of pyridine rings is 1. The Hall–Kier alpha value is -6.44. The molecule has 6 aromatic carbocycles. The molecule has 9 rings (SSSR count). The second-order valence-corrected chi connectivity index (χ2v) is 11.6. The Labute approximate surface area is 265 Å². The van der Waals surface area contributed by atoms with Gasteiger partial charge in [0.25, 0.3) is 0 Å². The number of nitriles is 1. The first-order valence-electron chi connectivity index (χ1n) is 15.4. The Morgan fingerprint density at radius 1 is 0.457 bits per heavy atom. The molecule has 4 heteroatoms. The molecule has 0 amide bonds. The second kappa shape index (κ2) is 10.3. The van der Waals surface area contributed by atoms with Gasteiger partial charge in [0.1, 0.15) is 0 Å². The molecule has 9 aromatic rings. The van der Waals surface area contributed by atoms with E-state index in [2.05, 4.69) is 154 Å². The summed E-state index contributed by atoms with van der Waals surface area (Å²) in [6, 6.07) is 53.2. The summed E-state index contributed by atoms with van der Waals surface area (Å²) in [7, 11) is 0. The van der Waals surface area contributed by atoms with Crippen LogP contribution in [0.15, 0.2) is 158 Å². The highest BCUT2D eigenvalue weighted by Crippen LogP contribution is 2.39. The van der Waals surface area contributed by atoms with Gasteiger partial charge in [-0.05, 0) is 65.7 Å². The van der Waals surface area contributed by atoms with Crippen LogP contribution >= 0.6 is 0 Å². The highest BCUT2D eigenvalue weighted by molar-refractivity contribution is 6.11. The largest absolute Gasteiger partial charge is 0.309 e. The lowest BCUT2D eigenvalue weighted by molar-refractivity contribution is 1.16. The zero-order valence-corrected chi connectivity index (χ0v) is 24.8. The zero-order chi connectivity index (χ0) is 30.6. The number of nitrogens with zero attached hydrogens (tertiary/aromatic N) is 4. The van der Waals surface area contributed by atoms with E-state index in [0.717, 1.165) is 55.7 Å². The van der Waals surface area contributed by atoms with E-state index in [1.54, 1.807) is 0 Å². The van der Waals surface area contributed by atoms with E-state index in [-0.39, 0.29) is 0 Å². The van der Waals surface area contributed by atoms with Crippen LogP contribution in [0.3, 0.4) is 0 Å². The van der Waals surface area contributed by atoms with Gasteiger partial charge >= 0.3 is 0 Å². The number of hydrogen-bond donors (Lipinski definition) is 0. The summed E-state index contributed by atoms with van der Waals surface area (Å²) >= 11 is 0. The number of rotatable bonds is 4. The molecule has 3 aromatic heterocycles. The zero-order valence-electron chi connectivity index (χ0n) is 24.8. The minimum atomic E-state index is 0.622. The molecular weight excluding hydrogens is 560 g/mol. The fourth-order valence-corrected chi connectivity index (χ4v) is 7.05. The van der Waals surface area contributed by atoms with E-state index in [9.17, 15) is 5.26 Å². The summed E-state index contributed by atoms with van der Waals surface area (Å²) in [5.41, 5.74) is 11.4. The van der Waals surface area contributed by atoms with Crippen LogP contribution in [-0.2, 0) is 0 Å². The van der Waals surface area contributed by atoms with Crippen LogP contribution in [0.1, 0.15) is 5.56 Å². The van der Waals surface area contributed by atoms with Crippen molar-refractivity contribution in [2.24, 2.45) is 0 Å². The normalized spacial score (nSPS) is 11.5. The van der Waals surface area contributed by atoms with Gasteiger partial charge < -0.3 is 9.13 Å². The third kappa shape index (κ3) is 3.89. The first-order valence-corrected chi connectivity index (χ1v) is 15.4. The van der Waals surface area contributed by atoms with Crippen molar-refractivity contribution in [1.82, 2.24) is 14.1 Å². The van der Waals surface area contributed by atoms with Gasteiger partial charge in [0, 0.05) is 45.1 Å². The molecule has 4 nitrogen and oxygen atoms in total. The SMILES string of the molecule is N#Cc1ccc(-n2c3ccccc3c3ccccc32)c(-c2cccc(-c3cnccc3-n3c4ccccc4c4ccccc43)c2)c1. The van der Waals surface area contributed by atoms with Crippen molar-refractivity contribution < 1.29 is 0 Å². The molecule has 0 saturated carbocycles. The summed E-state index contributed by atoms with van der Waals surface area (Å²) < 4.78 is 4.66. The lowest BCUT2D eigenvalue weighted by Gasteiger charge is -2.17. The first-order chi connectivity index (χ1) is 22.8. The molecule has 0 spiro atoms. The molecule has 3 heterocycles. The fourth-order valence-electron chi connectivity index (χ4n) is 7.05. The van der Waals surface area contributed by atoms with Crippen LogP contribution in [0.5, 0.6) is 0 Å². The maximum absolute atomic E-state index is 9.95. The maximum Gasteiger partial charge on any atom is 0.0991 e. The molecule has 0 saturated heterocycles. The minimum absolute atomic E-state index is 0.622. The van der Waals surface area contributed by atoms with Crippen molar-refractivity contribution in [3.05, 3.63) is 164 Å². The highest BCUT2D eigenvalue weighted by atomic mass is 15.0. The molecule has 0 fully saturated rings. The van der Waals surface area contributed by atoms with Gasteiger partial charge in [-0.2, -0.15) is 5.26 Å². The topological polar surface area (TPSA) is 46.5 Å². The van der Waals surface area contributed by atoms with Crippen molar-refractivity contribution in [3.63, 3.8) is 0 Å². The van der Waals surface area contributed by atoms with E-state index < -0.39 is 0 Å². The van der Waals surface area contributed by atoms with Crippen molar-refractivity contribution in [1.29, 1.82) is 5.26 Å². The van der Waals surface area contributed by atoms with Gasteiger partial charge in [-0.15, -0.1) is 0 Å². The molecule has 0 radical (unpaired) electrons. The summed E-state index contributed by atoms with van der Waals surface area (Å²) in [5, 5.41) is 14.8. The fraction of sp³-hybridized carbons (Fsp3) is 0. The Bertz CT molecular complexity index is 2560. The minimum Gasteiger partial charge on any atom is -0.309 e. The average Bonchev–Trinajstić information content (AvgIpc) is 3.64. The molecule has 0 aliphatic heterocycles. The van der Waals surface area contributed by atoms with Crippen LogP contribution in [0.25, 0.3) is 77.2 Å². The van der Waals surface area contributed by atoms with Gasteiger partial charge in [-0.3, -0.25) is 4.98 Å². The number of para-hydroxylation sites is 4. The lowest BCUT2D eigenvalue weighted by atomic mass is 9.96. The van der Waals surface area contributed by atoms with Gasteiger partial charge in [0.2, 0.25) is 0 Å². The third-order valence-corrected chi connectivity index (χ3v) is 9.05. The molecule has 46 heavy (non-hydrogen) atoms.